The van der Waals surface area contributed by atoms with Crippen molar-refractivity contribution in [1.29, 1.82) is 0 Å². The molecule has 0 saturated carbocycles. The van der Waals surface area contributed by atoms with Crippen molar-refractivity contribution in [3.8, 4) is 5.82 Å². The molecule has 7 heteroatoms. The molecule has 2 aromatic carbocycles. The van der Waals surface area contributed by atoms with E-state index in [0.29, 0.717) is 11.6 Å². The van der Waals surface area contributed by atoms with Crippen LogP contribution in [0, 0.1) is 0 Å². The topological polar surface area (TPSA) is 30.7 Å². The molecule has 0 spiro atoms. The van der Waals surface area contributed by atoms with Crippen LogP contribution in [0.15, 0.2) is 72.9 Å². The van der Waals surface area contributed by atoms with Crippen LogP contribution in [-0.2, 0) is 6.18 Å². The standard InChI is InChI=1S/C21H14F3N3.ClH/c22-21(23,24)16-11-13-19(25-14-16)27-18-9-5-4-8-17(18)26-20(27)12-10-15-6-2-1-3-7-15;/h1-14H;1H. The van der Waals surface area contributed by atoms with Gasteiger partial charge in [0.15, 0.2) is 0 Å². The van der Waals surface area contributed by atoms with Crippen LogP contribution < -0.4 is 0 Å². The van der Waals surface area contributed by atoms with Crippen LogP contribution in [-0.4, -0.2) is 14.5 Å². The van der Waals surface area contributed by atoms with Crippen LogP contribution in [0.3, 0.4) is 0 Å². The van der Waals surface area contributed by atoms with Crippen molar-refractivity contribution in [2.75, 3.05) is 0 Å². The van der Waals surface area contributed by atoms with E-state index in [4.69, 9.17) is 0 Å². The van der Waals surface area contributed by atoms with E-state index in [-0.39, 0.29) is 12.4 Å². The third-order valence-electron chi connectivity index (χ3n) is 4.12. The summed E-state index contributed by atoms with van der Waals surface area (Å²) in [5.74, 6) is 0.969. The zero-order valence-corrected chi connectivity index (χ0v) is 15.3. The summed E-state index contributed by atoms with van der Waals surface area (Å²) in [7, 11) is 0. The predicted molar refractivity (Wildman–Crippen MR) is 106 cm³/mol. The summed E-state index contributed by atoms with van der Waals surface area (Å²) < 4.78 is 40.2. The van der Waals surface area contributed by atoms with Crippen LogP contribution in [0.2, 0.25) is 0 Å². The molecule has 0 saturated heterocycles. The summed E-state index contributed by atoms with van der Waals surface area (Å²) in [5, 5.41) is 0. The summed E-state index contributed by atoms with van der Waals surface area (Å²) in [6.07, 6.45) is 0.157. The van der Waals surface area contributed by atoms with E-state index in [1.165, 1.54) is 6.07 Å². The Balaban J connectivity index is 0.00000225. The molecular weight excluding hydrogens is 387 g/mol. The van der Waals surface area contributed by atoms with Gasteiger partial charge in [-0.25, -0.2) is 9.97 Å². The number of aromatic nitrogens is 3. The minimum Gasteiger partial charge on any atom is -0.277 e. The van der Waals surface area contributed by atoms with Gasteiger partial charge in [-0.05, 0) is 35.9 Å². The van der Waals surface area contributed by atoms with Gasteiger partial charge in [-0.2, -0.15) is 13.2 Å². The quantitative estimate of drug-likeness (QED) is 0.419. The summed E-state index contributed by atoms with van der Waals surface area (Å²) >= 11 is 0. The number of pyridine rings is 1. The molecule has 2 aromatic heterocycles. The van der Waals surface area contributed by atoms with Gasteiger partial charge in [-0.3, -0.25) is 4.57 Å². The highest BCUT2D eigenvalue weighted by molar-refractivity contribution is 5.85. The number of benzene rings is 2. The fraction of sp³-hybridized carbons (Fsp3) is 0.0476. The third kappa shape index (κ3) is 3.92. The molecule has 0 atom stereocenters. The largest absolute Gasteiger partial charge is 0.417 e. The Bertz CT molecular complexity index is 1100. The molecule has 4 rings (SSSR count). The predicted octanol–water partition coefficient (Wildman–Crippen LogP) is 6.03. The average molecular weight is 402 g/mol. The second-order valence-corrected chi connectivity index (χ2v) is 5.94. The first-order chi connectivity index (χ1) is 13.0. The van der Waals surface area contributed by atoms with Gasteiger partial charge in [0.2, 0.25) is 0 Å². The molecule has 4 aromatic rings. The molecule has 28 heavy (non-hydrogen) atoms. The number of alkyl halides is 3. The van der Waals surface area contributed by atoms with E-state index in [2.05, 4.69) is 9.97 Å². The summed E-state index contributed by atoms with van der Waals surface area (Å²) in [6, 6.07) is 19.5. The van der Waals surface area contributed by atoms with Crippen LogP contribution in [0.5, 0.6) is 0 Å². The molecule has 0 aliphatic carbocycles. The lowest BCUT2D eigenvalue weighted by atomic mass is 10.2. The second kappa shape index (κ2) is 7.86. The van der Waals surface area contributed by atoms with Gasteiger partial charge in [0, 0.05) is 6.20 Å². The summed E-state index contributed by atoms with van der Waals surface area (Å²) in [4.78, 5) is 8.61. The molecule has 0 aliphatic rings. The average Bonchev–Trinajstić information content (AvgIpc) is 3.05. The highest BCUT2D eigenvalue weighted by Gasteiger charge is 2.30. The minimum atomic E-state index is -4.42. The van der Waals surface area contributed by atoms with Gasteiger partial charge in [-0.15, -0.1) is 12.4 Å². The number of rotatable bonds is 3. The molecule has 3 nitrogen and oxygen atoms in total. The Kier molecular flexibility index (Phi) is 5.51. The Morgan fingerprint density at radius 1 is 0.821 bits per heavy atom. The first-order valence-corrected chi connectivity index (χ1v) is 8.26. The van der Waals surface area contributed by atoms with Crippen LogP contribution in [0.1, 0.15) is 17.0 Å². The first-order valence-electron chi connectivity index (χ1n) is 8.26. The van der Waals surface area contributed by atoms with E-state index in [9.17, 15) is 13.2 Å². The number of hydrogen-bond acceptors (Lipinski definition) is 2. The Hall–Kier alpha value is -3.12. The van der Waals surface area contributed by atoms with Gasteiger partial charge >= 0.3 is 6.18 Å². The van der Waals surface area contributed by atoms with Crippen LogP contribution in [0.4, 0.5) is 13.2 Å². The van der Waals surface area contributed by atoms with Gasteiger partial charge in [-0.1, -0.05) is 48.5 Å². The Morgan fingerprint density at radius 3 is 2.21 bits per heavy atom. The normalized spacial score (nSPS) is 11.7. The maximum absolute atomic E-state index is 12.8. The molecule has 0 unspecified atom stereocenters. The molecule has 2 heterocycles. The van der Waals surface area contributed by atoms with E-state index >= 15 is 0 Å². The Labute approximate surface area is 165 Å². The lowest BCUT2D eigenvalue weighted by Crippen LogP contribution is -2.07. The first kappa shape index (κ1) is 19.6. The number of nitrogens with zero attached hydrogens (tertiary/aromatic N) is 3. The highest BCUT2D eigenvalue weighted by atomic mass is 35.5. The van der Waals surface area contributed by atoms with Gasteiger partial charge < -0.3 is 0 Å². The summed E-state index contributed by atoms with van der Waals surface area (Å²) in [6.45, 7) is 0. The maximum Gasteiger partial charge on any atom is 0.417 e. The molecular formula is C21H15ClF3N3. The number of imidazole rings is 1. The van der Waals surface area contributed by atoms with Gasteiger partial charge in [0.1, 0.15) is 11.6 Å². The lowest BCUT2D eigenvalue weighted by molar-refractivity contribution is -0.137. The molecule has 0 aliphatic heterocycles. The van der Waals surface area contributed by atoms with Crippen molar-refractivity contribution in [3.63, 3.8) is 0 Å². The molecule has 0 radical (unpaired) electrons. The fourth-order valence-corrected chi connectivity index (χ4v) is 2.82. The van der Waals surface area contributed by atoms with E-state index < -0.39 is 11.7 Å². The van der Waals surface area contributed by atoms with E-state index in [1.807, 2.05) is 66.7 Å². The van der Waals surface area contributed by atoms with Crippen LogP contribution >= 0.6 is 12.4 Å². The number of halogens is 4. The van der Waals surface area contributed by atoms with Gasteiger partial charge in [0.05, 0.1) is 16.6 Å². The zero-order valence-electron chi connectivity index (χ0n) is 14.5. The van der Waals surface area contributed by atoms with Crippen molar-refractivity contribution in [3.05, 3.63) is 89.9 Å². The molecule has 0 fully saturated rings. The molecule has 0 bridgehead atoms. The van der Waals surface area contributed by atoms with Crippen LogP contribution in [0.25, 0.3) is 29.0 Å². The maximum atomic E-state index is 12.8. The van der Waals surface area contributed by atoms with Crippen molar-refractivity contribution < 1.29 is 13.2 Å². The smallest absolute Gasteiger partial charge is 0.277 e. The van der Waals surface area contributed by atoms with Crippen molar-refractivity contribution >= 4 is 35.6 Å². The number of fused-ring (bicyclic) bond motifs is 1. The zero-order chi connectivity index (χ0) is 18.9. The fourth-order valence-electron chi connectivity index (χ4n) is 2.82. The van der Waals surface area contributed by atoms with Crippen molar-refractivity contribution in [2.45, 2.75) is 6.18 Å². The molecule has 142 valence electrons. The van der Waals surface area contributed by atoms with Crippen molar-refractivity contribution in [1.82, 2.24) is 14.5 Å². The Morgan fingerprint density at radius 2 is 1.54 bits per heavy atom. The second-order valence-electron chi connectivity index (χ2n) is 5.94. The monoisotopic (exact) mass is 401 g/mol. The minimum absolute atomic E-state index is 0. The summed E-state index contributed by atoms with van der Waals surface area (Å²) in [5.41, 5.74) is 1.73. The third-order valence-corrected chi connectivity index (χ3v) is 4.12. The SMILES string of the molecule is Cl.FC(F)(F)c1ccc(-n2c(C=Cc3ccccc3)nc3ccccc32)nc1. The van der Waals surface area contributed by atoms with E-state index in [1.54, 1.807) is 4.57 Å². The lowest BCUT2D eigenvalue weighted by Gasteiger charge is -2.09. The van der Waals surface area contributed by atoms with Gasteiger partial charge in [0.25, 0.3) is 0 Å². The molecule has 0 N–H and O–H groups in total. The number of para-hydroxylation sites is 2. The van der Waals surface area contributed by atoms with Crippen molar-refractivity contribution in [2.24, 2.45) is 0 Å². The van der Waals surface area contributed by atoms with E-state index in [0.717, 1.165) is 28.9 Å². The number of hydrogen-bond donors (Lipinski definition) is 0. The highest BCUT2D eigenvalue weighted by Crippen LogP contribution is 2.29. The molecule has 0 amide bonds.